The van der Waals surface area contributed by atoms with Crippen LogP contribution >= 0.6 is 0 Å². The predicted octanol–water partition coefficient (Wildman–Crippen LogP) is 3.93. The summed E-state index contributed by atoms with van der Waals surface area (Å²) < 4.78 is 5.30. The zero-order valence-electron chi connectivity index (χ0n) is 13.3. The van der Waals surface area contributed by atoms with Crippen molar-refractivity contribution in [3.05, 3.63) is 66.0 Å². The van der Waals surface area contributed by atoms with Crippen molar-refractivity contribution in [3.63, 3.8) is 0 Å². The molecule has 0 bridgehead atoms. The average molecular weight is 297 g/mol. The largest absolute Gasteiger partial charge is 0.465 e. The second kappa shape index (κ2) is 7.74. The molecule has 0 aliphatic heterocycles. The maximum atomic E-state index is 12.5. The molecule has 1 heterocycles. The van der Waals surface area contributed by atoms with Gasteiger partial charge in [0.05, 0.1) is 12.0 Å². The Bertz CT molecular complexity index is 583. The number of rotatable bonds is 7. The van der Waals surface area contributed by atoms with Crippen LogP contribution in [0.1, 0.15) is 37.8 Å². The molecule has 1 unspecified atom stereocenters. The number of nitrogens with zero attached hydrogens (tertiary/aromatic N) is 1. The molecule has 3 nitrogen and oxygen atoms in total. The fourth-order valence-corrected chi connectivity index (χ4v) is 2.63. The van der Waals surface area contributed by atoms with Gasteiger partial charge in [-0.1, -0.05) is 36.4 Å². The van der Waals surface area contributed by atoms with Gasteiger partial charge in [0, 0.05) is 12.4 Å². The molecule has 0 amide bonds. The minimum atomic E-state index is -0.640. The molecule has 0 saturated heterocycles. The van der Waals surface area contributed by atoms with Crippen molar-refractivity contribution in [2.24, 2.45) is 0 Å². The number of esters is 1. The topological polar surface area (TPSA) is 39.2 Å². The van der Waals surface area contributed by atoms with Gasteiger partial charge in [-0.3, -0.25) is 9.78 Å². The van der Waals surface area contributed by atoms with Crippen molar-refractivity contribution in [2.75, 3.05) is 6.61 Å². The van der Waals surface area contributed by atoms with Crippen molar-refractivity contribution in [1.82, 2.24) is 4.98 Å². The molecule has 0 aliphatic carbocycles. The molecule has 0 saturated carbocycles. The third-order valence-electron chi connectivity index (χ3n) is 4.01. The molecule has 0 N–H and O–H groups in total. The van der Waals surface area contributed by atoms with Gasteiger partial charge in [-0.05, 0) is 50.3 Å². The molecule has 0 spiro atoms. The van der Waals surface area contributed by atoms with Gasteiger partial charge in [0.25, 0.3) is 0 Å². The summed E-state index contributed by atoms with van der Waals surface area (Å²) in [5.74, 6) is -0.170. The highest BCUT2D eigenvalue weighted by molar-refractivity contribution is 5.82. The van der Waals surface area contributed by atoms with Crippen molar-refractivity contribution < 1.29 is 9.53 Å². The third kappa shape index (κ3) is 3.94. The molecule has 0 radical (unpaired) electrons. The van der Waals surface area contributed by atoms with Crippen LogP contribution in [0.4, 0.5) is 0 Å². The highest BCUT2D eigenvalue weighted by atomic mass is 16.5. The highest BCUT2D eigenvalue weighted by Gasteiger charge is 2.36. The van der Waals surface area contributed by atoms with Crippen LogP contribution in [0.5, 0.6) is 0 Å². The van der Waals surface area contributed by atoms with E-state index in [0.717, 1.165) is 24.8 Å². The first-order valence-electron chi connectivity index (χ1n) is 7.78. The lowest BCUT2D eigenvalue weighted by atomic mass is 9.78. The van der Waals surface area contributed by atoms with Crippen LogP contribution in [0.2, 0.25) is 0 Å². The number of hydrogen-bond acceptors (Lipinski definition) is 3. The van der Waals surface area contributed by atoms with Crippen molar-refractivity contribution in [2.45, 2.75) is 38.5 Å². The predicted molar refractivity (Wildman–Crippen MR) is 87.6 cm³/mol. The highest BCUT2D eigenvalue weighted by Crippen LogP contribution is 2.30. The maximum absolute atomic E-state index is 12.5. The number of hydrogen-bond donors (Lipinski definition) is 0. The first kappa shape index (κ1) is 16.2. The van der Waals surface area contributed by atoms with Gasteiger partial charge in [0.1, 0.15) is 0 Å². The number of pyridine rings is 1. The summed E-state index contributed by atoms with van der Waals surface area (Å²) in [6, 6.07) is 14.2. The van der Waals surface area contributed by atoms with Crippen LogP contribution in [0.15, 0.2) is 54.9 Å². The summed E-state index contributed by atoms with van der Waals surface area (Å²) >= 11 is 0. The molecule has 116 valence electrons. The molecule has 22 heavy (non-hydrogen) atoms. The third-order valence-corrected chi connectivity index (χ3v) is 4.01. The Morgan fingerprint density at radius 3 is 2.59 bits per heavy atom. The summed E-state index contributed by atoms with van der Waals surface area (Å²) in [5.41, 5.74) is 1.57. The molecule has 0 fully saturated rings. The molecule has 1 aromatic carbocycles. The zero-order chi connectivity index (χ0) is 15.8. The quantitative estimate of drug-likeness (QED) is 0.727. The molecule has 3 heteroatoms. The second-order valence-electron chi connectivity index (χ2n) is 5.63. The van der Waals surface area contributed by atoms with E-state index < -0.39 is 5.41 Å². The Balaban J connectivity index is 2.10. The molecular weight excluding hydrogens is 274 g/mol. The molecule has 2 aromatic rings. The van der Waals surface area contributed by atoms with E-state index in [0.29, 0.717) is 6.61 Å². The summed E-state index contributed by atoms with van der Waals surface area (Å²) in [6.07, 6.45) is 6.11. The summed E-state index contributed by atoms with van der Waals surface area (Å²) in [4.78, 5) is 16.6. The SMILES string of the molecule is CCOC(=O)C(C)(CCCc1ccccc1)c1cccnc1. The Morgan fingerprint density at radius 2 is 1.95 bits per heavy atom. The summed E-state index contributed by atoms with van der Waals surface area (Å²) in [5, 5.41) is 0. The monoisotopic (exact) mass is 297 g/mol. The Kier molecular flexibility index (Phi) is 5.70. The van der Waals surface area contributed by atoms with Gasteiger partial charge in [-0.25, -0.2) is 0 Å². The lowest BCUT2D eigenvalue weighted by Gasteiger charge is -2.27. The van der Waals surface area contributed by atoms with Crippen LogP contribution in [-0.4, -0.2) is 17.6 Å². The molecule has 1 atom stereocenters. The van der Waals surface area contributed by atoms with Crippen molar-refractivity contribution in [1.29, 1.82) is 0 Å². The molecular formula is C19H23NO2. The lowest BCUT2D eigenvalue weighted by molar-refractivity contribution is -0.149. The first-order chi connectivity index (χ1) is 10.7. The molecule has 0 aliphatic rings. The number of benzene rings is 1. The number of aromatic nitrogens is 1. The van der Waals surface area contributed by atoms with Gasteiger partial charge in [0.2, 0.25) is 0 Å². The Hall–Kier alpha value is -2.16. The lowest BCUT2D eigenvalue weighted by Crippen LogP contribution is -2.34. The van der Waals surface area contributed by atoms with Gasteiger partial charge in [-0.15, -0.1) is 0 Å². The standard InChI is InChI=1S/C19H23NO2/c1-3-22-18(21)19(2,17-12-8-14-20-15-17)13-7-11-16-9-5-4-6-10-16/h4-6,8-10,12,14-15H,3,7,11,13H2,1-2H3. The summed E-state index contributed by atoms with van der Waals surface area (Å²) in [7, 11) is 0. The number of aryl methyl sites for hydroxylation is 1. The van der Waals surface area contributed by atoms with Gasteiger partial charge < -0.3 is 4.74 Å². The zero-order valence-corrected chi connectivity index (χ0v) is 13.3. The Labute approximate surface area is 132 Å². The Morgan fingerprint density at radius 1 is 1.18 bits per heavy atom. The minimum Gasteiger partial charge on any atom is -0.465 e. The van der Waals surface area contributed by atoms with Crippen molar-refractivity contribution in [3.8, 4) is 0 Å². The number of carbonyl (C=O) groups is 1. The minimum absolute atomic E-state index is 0.170. The van der Waals surface area contributed by atoms with Crippen LogP contribution in [-0.2, 0) is 21.4 Å². The maximum Gasteiger partial charge on any atom is 0.316 e. The van der Waals surface area contributed by atoms with E-state index in [1.165, 1.54) is 5.56 Å². The van der Waals surface area contributed by atoms with Crippen molar-refractivity contribution >= 4 is 5.97 Å². The van der Waals surface area contributed by atoms with Crippen LogP contribution in [0.25, 0.3) is 0 Å². The van der Waals surface area contributed by atoms with E-state index in [-0.39, 0.29) is 5.97 Å². The summed E-state index contributed by atoms with van der Waals surface area (Å²) in [6.45, 7) is 4.19. The fourth-order valence-electron chi connectivity index (χ4n) is 2.63. The van der Waals surface area contributed by atoms with Gasteiger partial charge in [-0.2, -0.15) is 0 Å². The van der Waals surface area contributed by atoms with E-state index in [9.17, 15) is 4.79 Å². The number of carbonyl (C=O) groups excluding carboxylic acids is 1. The van der Waals surface area contributed by atoms with E-state index in [1.54, 1.807) is 12.4 Å². The van der Waals surface area contributed by atoms with Crippen LogP contribution in [0, 0.1) is 0 Å². The second-order valence-corrected chi connectivity index (χ2v) is 5.63. The first-order valence-corrected chi connectivity index (χ1v) is 7.78. The molecule has 1 aromatic heterocycles. The van der Waals surface area contributed by atoms with E-state index in [1.807, 2.05) is 44.2 Å². The number of ether oxygens (including phenoxy) is 1. The van der Waals surface area contributed by atoms with E-state index in [2.05, 4.69) is 17.1 Å². The van der Waals surface area contributed by atoms with Crippen LogP contribution in [0.3, 0.4) is 0 Å². The van der Waals surface area contributed by atoms with E-state index in [4.69, 9.17) is 4.74 Å². The molecule has 2 rings (SSSR count). The van der Waals surface area contributed by atoms with Gasteiger partial charge in [0.15, 0.2) is 0 Å². The fraction of sp³-hybridized carbons (Fsp3) is 0.368. The van der Waals surface area contributed by atoms with Gasteiger partial charge >= 0.3 is 5.97 Å². The smallest absolute Gasteiger partial charge is 0.316 e. The van der Waals surface area contributed by atoms with Crippen LogP contribution < -0.4 is 0 Å². The van der Waals surface area contributed by atoms with E-state index >= 15 is 0 Å². The average Bonchev–Trinajstić information content (AvgIpc) is 2.56. The normalized spacial score (nSPS) is 13.4.